The molecule has 262 valence electrons. The van der Waals surface area contributed by atoms with Gasteiger partial charge in [0.2, 0.25) is 0 Å². The van der Waals surface area contributed by atoms with E-state index in [2.05, 4.69) is 28.8 Å². The zero-order valence-electron chi connectivity index (χ0n) is 28.4. The monoisotopic (exact) mass is 702 g/mol. The molecule has 0 spiro atoms. The minimum absolute atomic E-state index is 0.00422. The van der Waals surface area contributed by atoms with Crippen molar-refractivity contribution in [2.75, 3.05) is 12.9 Å². The lowest BCUT2D eigenvalue weighted by molar-refractivity contribution is -0.245. The fraction of sp³-hybridized carbons (Fsp3) is 0.238. The molecule has 51 heavy (non-hydrogen) atoms. The van der Waals surface area contributed by atoms with Crippen molar-refractivity contribution >= 4 is 23.8 Å². The zero-order valence-corrected chi connectivity index (χ0v) is 29.3. The van der Waals surface area contributed by atoms with Crippen LogP contribution in [-0.2, 0) is 38.6 Å². The topological polar surface area (TPSA) is 106 Å². The molecule has 8 nitrogen and oxygen atoms in total. The summed E-state index contributed by atoms with van der Waals surface area (Å²) in [6, 6.07) is 42.6. The first-order valence-electron chi connectivity index (χ1n) is 17.0. The Bertz CT molecular complexity index is 1870. The number of esters is 1. The van der Waals surface area contributed by atoms with E-state index in [1.807, 2.05) is 115 Å². The van der Waals surface area contributed by atoms with Crippen molar-refractivity contribution in [3.8, 4) is 11.1 Å². The first kappa shape index (κ1) is 35.9. The van der Waals surface area contributed by atoms with Crippen LogP contribution in [0.5, 0.6) is 0 Å². The Morgan fingerprint density at radius 2 is 1.47 bits per heavy atom. The summed E-state index contributed by atoms with van der Waals surface area (Å²) in [5.74, 6) is 0.276. The van der Waals surface area contributed by atoms with Gasteiger partial charge in [-0.1, -0.05) is 109 Å². The number of nitrogens with one attached hydrogen (secondary N) is 2. The molecular weight excluding hydrogens is 661 g/mol. The van der Waals surface area contributed by atoms with E-state index in [0.29, 0.717) is 12.8 Å². The van der Waals surface area contributed by atoms with E-state index in [9.17, 15) is 14.7 Å². The number of benzene rings is 5. The molecule has 4 atom stereocenters. The molecule has 1 aliphatic rings. The minimum atomic E-state index is -0.813. The highest BCUT2D eigenvalue weighted by Gasteiger charge is 2.32. The number of aliphatic hydroxyl groups excluding tert-OH is 1. The summed E-state index contributed by atoms with van der Waals surface area (Å²) in [6.45, 7) is 0.265. The van der Waals surface area contributed by atoms with Gasteiger partial charge in [-0.05, 0) is 57.6 Å². The molecule has 0 saturated carbocycles. The zero-order chi connectivity index (χ0) is 35.4. The smallest absolute Gasteiger partial charge is 0.328 e. The maximum atomic E-state index is 12.9. The second-order valence-corrected chi connectivity index (χ2v) is 13.5. The maximum absolute atomic E-state index is 12.9. The summed E-state index contributed by atoms with van der Waals surface area (Å²) >= 11 is 1.77. The van der Waals surface area contributed by atoms with Crippen molar-refractivity contribution in [3.63, 3.8) is 0 Å². The van der Waals surface area contributed by atoms with Gasteiger partial charge in [-0.3, -0.25) is 0 Å². The normalized spacial score (nSPS) is 17.6. The molecule has 0 aliphatic carbocycles. The molecule has 1 heterocycles. The molecule has 0 aromatic heterocycles. The van der Waals surface area contributed by atoms with Gasteiger partial charge in [-0.2, -0.15) is 0 Å². The number of thioether (sulfide) groups is 1. The predicted molar refractivity (Wildman–Crippen MR) is 199 cm³/mol. The average molecular weight is 703 g/mol. The highest BCUT2D eigenvalue weighted by Crippen LogP contribution is 2.40. The largest absolute Gasteiger partial charge is 0.467 e. The number of carbonyl (C=O) groups is 2. The van der Waals surface area contributed by atoms with Crippen LogP contribution in [0.2, 0.25) is 0 Å². The van der Waals surface area contributed by atoms with Crippen molar-refractivity contribution < 1.29 is 28.9 Å². The van der Waals surface area contributed by atoms with Gasteiger partial charge >= 0.3 is 12.0 Å². The van der Waals surface area contributed by atoms with Crippen LogP contribution in [0.25, 0.3) is 11.1 Å². The van der Waals surface area contributed by atoms with E-state index in [1.54, 1.807) is 11.8 Å². The van der Waals surface area contributed by atoms with Crippen LogP contribution in [-0.4, -0.2) is 42.1 Å². The number of hydrogen-bond donors (Lipinski definition) is 3. The third-order valence-corrected chi connectivity index (χ3v) is 9.88. The molecule has 1 aliphatic heterocycles. The number of rotatable bonds is 13. The van der Waals surface area contributed by atoms with Crippen molar-refractivity contribution in [3.05, 3.63) is 161 Å². The molecule has 5 aromatic rings. The Balaban J connectivity index is 1.14. The van der Waals surface area contributed by atoms with Gasteiger partial charge in [0.25, 0.3) is 0 Å². The summed E-state index contributed by atoms with van der Waals surface area (Å²) < 4.78 is 18.1. The number of amides is 2. The third kappa shape index (κ3) is 10.1. The molecule has 0 bridgehead atoms. The van der Waals surface area contributed by atoms with E-state index in [4.69, 9.17) is 14.2 Å². The number of carbonyl (C=O) groups excluding carboxylic acids is 2. The average Bonchev–Trinajstić information content (AvgIpc) is 3.19. The summed E-state index contributed by atoms with van der Waals surface area (Å²) in [5.41, 5.74) is 6.61. The lowest BCUT2D eigenvalue weighted by atomic mass is 9.99. The molecule has 1 saturated heterocycles. The van der Waals surface area contributed by atoms with Gasteiger partial charge in [0.05, 0.1) is 25.9 Å². The van der Waals surface area contributed by atoms with Crippen LogP contribution >= 0.6 is 11.8 Å². The SMILES string of the molecule is COC(=O)[C@H](Cc1ccccc1)NC(=O)NCc1cccc(-c2cccc([C@H]3O[C@@H](CSc4ccccc4)C[C@@H](c4ccc(CO)cc4)O3)c2)c1. The fourth-order valence-electron chi connectivity index (χ4n) is 6.03. The van der Waals surface area contributed by atoms with Gasteiger partial charge in [0.1, 0.15) is 6.04 Å². The first-order chi connectivity index (χ1) is 25.0. The van der Waals surface area contributed by atoms with Gasteiger partial charge in [-0.25, -0.2) is 9.59 Å². The Morgan fingerprint density at radius 1 is 0.784 bits per heavy atom. The Labute approximate surface area is 303 Å². The molecular formula is C42H42N2O6S. The summed E-state index contributed by atoms with van der Waals surface area (Å²) in [6.07, 6.45) is 0.240. The molecule has 9 heteroatoms. The van der Waals surface area contributed by atoms with Gasteiger partial charge < -0.3 is 30.0 Å². The van der Waals surface area contributed by atoms with Crippen LogP contribution in [0.3, 0.4) is 0 Å². The molecule has 0 radical (unpaired) electrons. The molecule has 0 unspecified atom stereocenters. The summed E-state index contributed by atoms with van der Waals surface area (Å²) in [7, 11) is 1.31. The van der Waals surface area contributed by atoms with E-state index < -0.39 is 24.3 Å². The summed E-state index contributed by atoms with van der Waals surface area (Å²) in [4.78, 5) is 26.4. The number of aliphatic hydroxyl groups is 1. The number of methoxy groups -OCH3 is 1. The molecule has 2 amide bonds. The molecule has 5 aromatic carbocycles. The van der Waals surface area contributed by atoms with Crippen molar-refractivity contribution in [2.24, 2.45) is 0 Å². The van der Waals surface area contributed by atoms with E-state index in [-0.39, 0.29) is 25.4 Å². The Morgan fingerprint density at radius 3 is 2.20 bits per heavy atom. The van der Waals surface area contributed by atoms with Crippen LogP contribution in [0.15, 0.2) is 138 Å². The second kappa shape index (κ2) is 17.8. The van der Waals surface area contributed by atoms with Crippen molar-refractivity contribution in [2.45, 2.75) is 55.4 Å². The molecule has 6 rings (SSSR count). The van der Waals surface area contributed by atoms with Gasteiger partial charge in [0, 0.05) is 35.6 Å². The van der Waals surface area contributed by atoms with Crippen molar-refractivity contribution in [1.29, 1.82) is 0 Å². The van der Waals surface area contributed by atoms with E-state index in [1.165, 1.54) is 12.0 Å². The fourth-order valence-corrected chi connectivity index (χ4v) is 6.97. The molecule has 1 fully saturated rings. The number of ether oxygens (including phenoxy) is 3. The van der Waals surface area contributed by atoms with Gasteiger partial charge in [0.15, 0.2) is 6.29 Å². The number of urea groups is 1. The van der Waals surface area contributed by atoms with E-state index in [0.717, 1.165) is 44.7 Å². The Hall–Kier alpha value is -4.93. The first-order valence-corrected chi connectivity index (χ1v) is 18.0. The quantitative estimate of drug-likeness (QED) is 0.0851. The second-order valence-electron chi connectivity index (χ2n) is 12.4. The van der Waals surface area contributed by atoms with Crippen LogP contribution in [0.4, 0.5) is 4.79 Å². The maximum Gasteiger partial charge on any atom is 0.328 e. The standard InChI is InChI=1S/C42H42N2O6S/c1-48-40(46)38(23-29-10-4-2-5-11-29)44-42(47)43-26-31-12-8-13-33(22-31)34-14-9-15-35(24-34)41-49-36(28-51-37-16-6-3-7-17-37)25-39(50-41)32-20-18-30(27-45)19-21-32/h2-22,24,36,38-39,41,45H,23,25-28H2,1H3,(H2,43,44,47)/t36-,38+,39+,41+/m1/s1. The third-order valence-electron chi connectivity index (χ3n) is 8.74. The van der Waals surface area contributed by atoms with Crippen LogP contribution < -0.4 is 10.6 Å². The highest BCUT2D eigenvalue weighted by molar-refractivity contribution is 7.99. The Kier molecular flexibility index (Phi) is 12.5. The van der Waals surface area contributed by atoms with Crippen molar-refractivity contribution in [1.82, 2.24) is 10.6 Å². The summed E-state index contributed by atoms with van der Waals surface area (Å²) in [5, 5.41) is 15.2. The van der Waals surface area contributed by atoms with Crippen LogP contribution in [0, 0.1) is 0 Å². The predicted octanol–water partition coefficient (Wildman–Crippen LogP) is 7.77. The van der Waals surface area contributed by atoms with Gasteiger partial charge in [-0.15, -0.1) is 11.8 Å². The lowest BCUT2D eigenvalue weighted by Gasteiger charge is -2.36. The van der Waals surface area contributed by atoms with Crippen LogP contribution in [0.1, 0.15) is 46.6 Å². The van der Waals surface area contributed by atoms with E-state index >= 15 is 0 Å². The lowest BCUT2D eigenvalue weighted by Crippen LogP contribution is -2.47. The number of hydrogen-bond acceptors (Lipinski definition) is 7. The molecule has 3 N–H and O–H groups in total. The highest BCUT2D eigenvalue weighted by atomic mass is 32.2. The minimum Gasteiger partial charge on any atom is -0.467 e.